The van der Waals surface area contributed by atoms with Gasteiger partial charge in [0, 0.05) is 41.6 Å². The monoisotopic (exact) mass is 708 g/mol. The lowest BCUT2D eigenvalue weighted by molar-refractivity contribution is 0.0131. The van der Waals surface area contributed by atoms with E-state index in [1.807, 2.05) is 25.1 Å². The topological polar surface area (TPSA) is 110 Å². The van der Waals surface area contributed by atoms with Crippen molar-refractivity contribution in [2.75, 3.05) is 37.5 Å². The lowest BCUT2D eigenvalue weighted by Gasteiger charge is -2.46. The van der Waals surface area contributed by atoms with Crippen molar-refractivity contribution in [1.82, 2.24) is 9.10 Å². The first-order chi connectivity index (χ1) is 23.1. The highest BCUT2D eigenvalue weighted by molar-refractivity contribution is 7.92. The first kappa shape index (κ1) is 33.3. The second kappa shape index (κ2) is 13.6. The molecule has 9 nitrogen and oxygen atoms in total. The van der Waals surface area contributed by atoms with Gasteiger partial charge in [0.1, 0.15) is 15.7 Å². The van der Waals surface area contributed by atoms with Crippen LogP contribution in [0.3, 0.4) is 0 Å². The van der Waals surface area contributed by atoms with Crippen molar-refractivity contribution >= 4 is 50.6 Å². The SMILES string of the molecule is CO[C@H]1/C=C/C[C@H](C)C[S@@](=O)(NC(=O)c2cnsc2)=NC(=O)c2ccc3c(c2)N(C[C@@H]2CC[C@H]21)C[C@@]1(CCCc2cc(Cl)ccc21)CO3. The number of nitrogens with zero attached hydrogens (tertiary/aromatic N) is 3. The Morgan fingerprint density at radius 3 is 2.88 bits per heavy atom. The number of halogens is 1. The summed E-state index contributed by atoms with van der Waals surface area (Å²) in [7, 11) is -1.72. The summed E-state index contributed by atoms with van der Waals surface area (Å²) in [4.78, 5) is 29.3. The van der Waals surface area contributed by atoms with Gasteiger partial charge < -0.3 is 14.4 Å². The highest BCUT2D eigenvalue weighted by atomic mass is 35.5. The molecule has 1 fully saturated rings. The van der Waals surface area contributed by atoms with Crippen LogP contribution < -0.4 is 14.4 Å². The van der Waals surface area contributed by atoms with Crippen molar-refractivity contribution in [1.29, 1.82) is 0 Å². The quantitative estimate of drug-likeness (QED) is 0.296. The second-order valence-electron chi connectivity index (χ2n) is 13.8. The summed E-state index contributed by atoms with van der Waals surface area (Å²) in [6.07, 6.45) is 11.3. The van der Waals surface area contributed by atoms with Gasteiger partial charge in [0.05, 0.1) is 35.9 Å². The molecule has 3 aromatic rings. The zero-order chi connectivity index (χ0) is 33.5. The zero-order valence-electron chi connectivity index (χ0n) is 27.2. The summed E-state index contributed by atoms with van der Waals surface area (Å²) < 4.78 is 37.8. The number of ether oxygens (including phenoxy) is 2. The number of aromatic nitrogens is 1. The molecular weight excluding hydrogens is 668 g/mol. The van der Waals surface area contributed by atoms with E-state index in [0.29, 0.717) is 36.2 Å². The summed E-state index contributed by atoms with van der Waals surface area (Å²) in [5, 5.41) is 2.32. The van der Waals surface area contributed by atoms with Crippen LogP contribution in [0.4, 0.5) is 5.69 Å². The maximum absolute atomic E-state index is 14.3. The highest BCUT2D eigenvalue weighted by Crippen LogP contribution is 2.47. The van der Waals surface area contributed by atoms with Crippen LogP contribution in [0.1, 0.15) is 70.9 Å². The van der Waals surface area contributed by atoms with E-state index >= 15 is 0 Å². The normalized spacial score (nSPS) is 30.9. The van der Waals surface area contributed by atoms with Gasteiger partial charge in [-0.25, -0.2) is 8.58 Å². The third-order valence-electron chi connectivity index (χ3n) is 10.5. The molecule has 1 saturated carbocycles. The third kappa shape index (κ3) is 6.66. The fourth-order valence-corrected chi connectivity index (χ4v) is 10.5. The number of hydrogen-bond donors (Lipinski definition) is 1. The minimum atomic E-state index is -3.49. The Kier molecular flexibility index (Phi) is 9.40. The second-order valence-corrected chi connectivity index (χ2v) is 16.9. The summed E-state index contributed by atoms with van der Waals surface area (Å²) in [5.41, 5.74) is 3.69. The average molecular weight is 709 g/mol. The van der Waals surface area contributed by atoms with Crippen LogP contribution in [-0.4, -0.2) is 59.1 Å². The number of nitrogens with one attached hydrogen (secondary N) is 1. The van der Waals surface area contributed by atoms with Crippen molar-refractivity contribution in [2.24, 2.45) is 22.1 Å². The number of fused-ring (bicyclic) bond motifs is 4. The average Bonchev–Trinajstić information content (AvgIpc) is 3.55. The summed E-state index contributed by atoms with van der Waals surface area (Å²) >= 11 is 7.56. The van der Waals surface area contributed by atoms with Gasteiger partial charge in [0.15, 0.2) is 0 Å². The molecule has 0 radical (unpaired) electrons. The van der Waals surface area contributed by atoms with Gasteiger partial charge in [-0.2, -0.15) is 0 Å². The minimum Gasteiger partial charge on any atom is -0.490 e. The number of anilines is 1. The van der Waals surface area contributed by atoms with Crippen LogP contribution in [0, 0.1) is 17.8 Å². The molecule has 48 heavy (non-hydrogen) atoms. The predicted molar refractivity (Wildman–Crippen MR) is 189 cm³/mol. The number of amides is 2. The maximum Gasteiger partial charge on any atom is 0.286 e. The first-order valence-electron chi connectivity index (χ1n) is 16.7. The maximum atomic E-state index is 14.3. The van der Waals surface area contributed by atoms with E-state index in [-0.39, 0.29) is 28.8 Å². The van der Waals surface area contributed by atoms with Gasteiger partial charge >= 0.3 is 0 Å². The summed E-state index contributed by atoms with van der Waals surface area (Å²) in [6.45, 7) is 3.96. The van der Waals surface area contributed by atoms with E-state index in [0.717, 1.165) is 67.4 Å². The Balaban J connectivity index is 1.31. The molecule has 7 rings (SSSR count). The first-order valence-corrected chi connectivity index (χ1v) is 19.6. The number of hydrogen-bond acceptors (Lipinski definition) is 8. The van der Waals surface area contributed by atoms with Crippen LogP contribution in [0.5, 0.6) is 5.75 Å². The van der Waals surface area contributed by atoms with Gasteiger partial charge in [-0.1, -0.05) is 36.7 Å². The molecule has 3 heterocycles. The Labute approximate surface area is 291 Å². The van der Waals surface area contributed by atoms with Crippen molar-refractivity contribution in [3.05, 3.63) is 87.4 Å². The van der Waals surface area contributed by atoms with E-state index in [9.17, 15) is 13.8 Å². The lowest BCUT2D eigenvalue weighted by Crippen LogP contribution is -2.49. The molecule has 2 aromatic carbocycles. The number of carbonyl (C=O) groups excluding carboxylic acids is 2. The fraction of sp³-hybridized carbons (Fsp3) is 0.472. The van der Waals surface area contributed by atoms with Crippen molar-refractivity contribution in [3.8, 4) is 5.75 Å². The molecule has 2 aliphatic carbocycles. The van der Waals surface area contributed by atoms with Crippen LogP contribution in [-0.2, 0) is 26.5 Å². The molecule has 1 aromatic heterocycles. The molecule has 1 N–H and O–H groups in total. The zero-order valence-corrected chi connectivity index (χ0v) is 29.6. The Morgan fingerprint density at radius 2 is 2.10 bits per heavy atom. The summed E-state index contributed by atoms with van der Waals surface area (Å²) in [5.74, 6) is 0.121. The van der Waals surface area contributed by atoms with E-state index < -0.39 is 21.7 Å². The van der Waals surface area contributed by atoms with Crippen molar-refractivity contribution in [3.63, 3.8) is 0 Å². The molecule has 1 spiro atoms. The highest BCUT2D eigenvalue weighted by Gasteiger charge is 2.44. The number of allylic oxidation sites excluding steroid dienone is 1. The Hall–Kier alpha value is -3.25. The number of benzene rings is 2. The Bertz CT molecular complexity index is 1860. The number of rotatable bonds is 3. The van der Waals surface area contributed by atoms with E-state index in [2.05, 4.69) is 42.6 Å². The smallest absolute Gasteiger partial charge is 0.286 e. The lowest BCUT2D eigenvalue weighted by atomic mass is 9.68. The number of methoxy groups -OCH3 is 1. The molecule has 0 saturated heterocycles. The molecule has 4 aliphatic rings. The van der Waals surface area contributed by atoms with Crippen molar-refractivity contribution in [2.45, 2.75) is 57.0 Å². The van der Waals surface area contributed by atoms with Gasteiger partial charge in [-0.15, -0.1) is 4.36 Å². The van der Waals surface area contributed by atoms with Gasteiger partial charge in [-0.3, -0.25) is 14.3 Å². The van der Waals surface area contributed by atoms with Crippen LogP contribution in [0.25, 0.3) is 0 Å². The fourth-order valence-electron chi connectivity index (χ4n) is 7.89. The van der Waals surface area contributed by atoms with Gasteiger partial charge in [0.25, 0.3) is 11.8 Å². The molecule has 254 valence electrons. The van der Waals surface area contributed by atoms with Crippen molar-refractivity contribution < 1.29 is 23.3 Å². The molecule has 12 heteroatoms. The predicted octanol–water partition coefficient (Wildman–Crippen LogP) is 6.86. The molecule has 2 amide bonds. The molecule has 6 atom stereocenters. The van der Waals surface area contributed by atoms with Crippen LogP contribution >= 0.6 is 23.1 Å². The third-order valence-corrected chi connectivity index (χ3v) is 13.3. The van der Waals surface area contributed by atoms with Crippen LogP contribution in [0.15, 0.2) is 64.5 Å². The minimum absolute atomic E-state index is 0.0161. The molecular formula is C36H41ClN4O5S2. The van der Waals surface area contributed by atoms with E-state index in [1.54, 1.807) is 18.6 Å². The standard InChI is InChI=1S/C36H41ClN4O5S2/c1-23-5-3-7-32(45-2)29-11-8-26(29)18-41-21-36(14-4-6-24-15-28(37)10-12-30(24)36)22-46-33-13-9-25(16-31(33)41)34(42)39-48(44,20-23)40-35(43)27-17-38-47-19-27/h3,7,9-10,12-13,15-17,19,23,26,29,32H,4-6,8,11,14,18,20-22H2,1-2H3,(H,39,40,42,43,44)/b7-3+/t23-,26-,29+,32-,36-,48-/m0/s1. The molecule has 2 bridgehead atoms. The van der Waals surface area contributed by atoms with E-state index in [4.69, 9.17) is 21.1 Å². The van der Waals surface area contributed by atoms with E-state index in [1.165, 1.54) is 17.3 Å². The number of carbonyl (C=O) groups is 2. The van der Waals surface area contributed by atoms with Gasteiger partial charge in [0.2, 0.25) is 0 Å². The number of aryl methyl sites for hydroxylation is 1. The van der Waals surface area contributed by atoms with Gasteiger partial charge in [-0.05, 0) is 109 Å². The largest absolute Gasteiger partial charge is 0.490 e. The Morgan fingerprint density at radius 1 is 1.23 bits per heavy atom. The summed E-state index contributed by atoms with van der Waals surface area (Å²) in [6, 6.07) is 11.6. The molecule has 2 aliphatic heterocycles. The van der Waals surface area contributed by atoms with Crippen LogP contribution in [0.2, 0.25) is 5.02 Å². The molecule has 0 unspecified atom stereocenters.